The van der Waals surface area contributed by atoms with E-state index in [1.165, 1.54) is 10.5 Å². The third-order valence-corrected chi connectivity index (χ3v) is 4.77. The third kappa shape index (κ3) is 3.06. The van der Waals surface area contributed by atoms with Gasteiger partial charge >= 0.3 is 5.97 Å². The number of thioether (sulfide) groups is 1. The second-order valence-electron chi connectivity index (χ2n) is 5.11. The third-order valence-electron chi connectivity index (χ3n) is 3.49. The molecule has 0 spiro atoms. The molecule has 1 aliphatic carbocycles. The van der Waals surface area contributed by atoms with Gasteiger partial charge in [0.2, 0.25) is 0 Å². The molecular weight excluding hydrogens is 246 g/mol. The van der Waals surface area contributed by atoms with E-state index in [1.54, 1.807) is 11.8 Å². The monoisotopic (exact) mass is 265 g/mol. The summed E-state index contributed by atoms with van der Waals surface area (Å²) >= 11 is 1.75. The van der Waals surface area contributed by atoms with Crippen LogP contribution >= 0.6 is 11.8 Å². The molecule has 0 amide bonds. The van der Waals surface area contributed by atoms with Crippen LogP contribution in [-0.4, -0.2) is 21.9 Å². The first-order chi connectivity index (χ1) is 8.49. The lowest BCUT2D eigenvalue weighted by Gasteiger charge is -2.34. The highest BCUT2D eigenvalue weighted by atomic mass is 32.2. The summed E-state index contributed by atoms with van der Waals surface area (Å²) in [5.74, 6) is -0.864. The van der Waals surface area contributed by atoms with E-state index in [4.69, 9.17) is 5.73 Å². The number of carbonyl (C=O) groups is 1. The van der Waals surface area contributed by atoms with Crippen LogP contribution in [0.3, 0.4) is 0 Å². The van der Waals surface area contributed by atoms with Gasteiger partial charge in [0.15, 0.2) is 0 Å². The van der Waals surface area contributed by atoms with Crippen LogP contribution in [0.5, 0.6) is 0 Å². The van der Waals surface area contributed by atoms with Crippen LogP contribution < -0.4 is 5.73 Å². The lowest BCUT2D eigenvalue weighted by Crippen LogP contribution is -2.51. The summed E-state index contributed by atoms with van der Waals surface area (Å²) in [5.41, 5.74) is 6.17. The molecule has 1 fully saturated rings. The van der Waals surface area contributed by atoms with Crippen molar-refractivity contribution in [3.8, 4) is 0 Å². The summed E-state index contributed by atoms with van der Waals surface area (Å²) in [6, 6.07) is 8.34. The first kappa shape index (κ1) is 13.4. The number of hydrogen-bond donors (Lipinski definition) is 2. The van der Waals surface area contributed by atoms with Crippen LogP contribution in [0.1, 0.15) is 31.2 Å². The molecular formula is C14H19NO2S. The average Bonchev–Trinajstić information content (AvgIpc) is 2.32. The number of aryl methyl sites for hydroxylation is 1. The lowest BCUT2D eigenvalue weighted by atomic mass is 9.82. The number of hydrogen-bond acceptors (Lipinski definition) is 3. The van der Waals surface area contributed by atoms with Gasteiger partial charge < -0.3 is 10.8 Å². The molecule has 18 heavy (non-hydrogen) atoms. The van der Waals surface area contributed by atoms with E-state index in [9.17, 15) is 9.90 Å². The summed E-state index contributed by atoms with van der Waals surface area (Å²) in [7, 11) is 0. The van der Waals surface area contributed by atoms with Crippen molar-refractivity contribution in [3.05, 3.63) is 29.8 Å². The van der Waals surface area contributed by atoms with E-state index in [-0.39, 0.29) is 0 Å². The zero-order chi connectivity index (χ0) is 13.2. The van der Waals surface area contributed by atoms with Crippen LogP contribution in [-0.2, 0) is 4.79 Å². The molecule has 2 rings (SSSR count). The Balaban J connectivity index is 2.02. The van der Waals surface area contributed by atoms with Gasteiger partial charge in [-0.05, 0) is 44.7 Å². The first-order valence-electron chi connectivity index (χ1n) is 6.25. The Morgan fingerprint density at radius 3 is 2.72 bits per heavy atom. The molecule has 0 saturated heterocycles. The molecule has 0 aliphatic heterocycles. The number of carboxylic acid groups (broad SMARTS) is 1. The van der Waals surface area contributed by atoms with Crippen molar-refractivity contribution in [3.63, 3.8) is 0 Å². The van der Waals surface area contributed by atoms with E-state index in [0.717, 1.165) is 12.8 Å². The molecule has 2 atom stereocenters. The van der Waals surface area contributed by atoms with E-state index < -0.39 is 11.5 Å². The molecule has 3 N–H and O–H groups in total. The zero-order valence-electron chi connectivity index (χ0n) is 10.6. The quantitative estimate of drug-likeness (QED) is 0.882. The van der Waals surface area contributed by atoms with Crippen molar-refractivity contribution in [2.75, 3.05) is 0 Å². The SMILES string of the molecule is Cc1ccc(SC2CCCC(N)(C(=O)O)C2)cc1. The van der Waals surface area contributed by atoms with Gasteiger partial charge in [-0.1, -0.05) is 17.7 Å². The molecule has 0 radical (unpaired) electrons. The predicted molar refractivity (Wildman–Crippen MR) is 73.8 cm³/mol. The minimum absolute atomic E-state index is 0.308. The van der Waals surface area contributed by atoms with Crippen LogP contribution in [0.15, 0.2) is 29.2 Å². The van der Waals surface area contributed by atoms with Gasteiger partial charge in [-0.15, -0.1) is 11.8 Å². The summed E-state index contributed by atoms with van der Waals surface area (Å²) < 4.78 is 0. The summed E-state index contributed by atoms with van der Waals surface area (Å²) in [4.78, 5) is 12.4. The van der Waals surface area contributed by atoms with Gasteiger partial charge in [-0.2, -0.15) is 0 Å². The zero-order valence-corrected chi connectivity index (χ0v) is 11.4. The van der Waals surface area contributed by atoms with Crippen molar-refractivity contribution in [2.45, 2.75) is 48.3 Å². The molecule has 1 aliphatic rings. The summed E-state index contributed by atoms with van der Waals surface area (Å²) in [6.07, 6.45) is 3.09. The fourth-order valence-electron chi connectivity index (χ4n) is 2.36. The lowest BCUT2D eigenvalue weighted by molar-refractivity contribution is -0.144. The van der Waals surface area contributed by atoms with Crippen molar-refractivity contribution >= 4 is 17.7 Å². The minimum atomic E-state index is -1.03. The van der Waals surface area contributed by atoms with Gasteiger partial charge in [0.1, 0.15) is 5.54 Å². The van der Waals surface area contributed by atoms with Crippen LogP contribution in [0.2, 0.25) is 0 Å². The predicted octanol–water partition coefficient (Wildman–Crippen LogP) is 2.81. The van der Waals surface area contributed by atoms with Gasteiger partial charge in [-0.25, -0.2) is 0 Å². The molecule has 98 valence electrons. The Labute approximate surface area is 112 Å². The molecule has 0 heterocycles. The summed E-state index contributed by atoms with van der Waals surface area (Å²) in [5, 5.41) is 9.49. The molecule has 4 heteroatoms. The fraction of sp³-hybridized carbons (Fsp3) is 0.500. The highest BCUT2D eigenvalue weighted by Crippen LogP contribution is 2.37. The van der Waals surface area contributed by atoms with Gasteiger partial charge in [-0.3, -0.25) is 4.79 Å². The van der Waals surface area contributed by atoms with Crippen molar-refractivity contribution in [1.82, 2.24) is 0 Å². The largest absolute Gasteiger partial charge is 0.480 e. The normalized spacial score (nSPS) is 28.0. The Kier molecular flexibility index (Phi) is 3.97. The number of carboxylic acids is 1. The molecule has 2 unspecified atom stereocenters. The highest BCUT2D eigenvalue weighted by molar-refractivity contribution is 8.00. The number of benzene rings is 1. The summed E-state index contributed by atoms with van der Waals surface area (Å²) in [6.45, 7) is 2.06. The van der Waals surface area contributed by atoms with Crippen molar-refractivity contribution < 1.29 is 9.90 Å². The second kappa shape index (κ2) is 5.33. The van der Waals surface area contributed by atoms with E-state index in [0.29, 0.717) is 18.1 Å². The van der Waals surface area contributed by atoms with E-state index in [2.05, 4.69) is 31.2 Å². The Hall–Kier alpha value is -1.00. The van der Waals surface area contributed by atoms with Crippen molar-refractivity contribution in [1.29, 1.82) is 0 Å². The molecule has 1 aromatic rings. The second-order valence-corrected chi connectivity index (χ2v) is 6.48. The average molecular weight is 265 g/mol. The first-order valence-corrected chi connectivity index (χ1v) is 7.13. The standard InChI is InChI=1S/C14H19NO2S/c1-10-4-6-11(7-5-10)18-12-3-2-8-14(15,9-12)13(16)17/h4-7,12H,2-3,8-9,15H2,1H3,(H,16,17). The Morgan fingerprint density at radius 2 is 2.11 bits per heavy atom. The van der Waals surface area contributed by atoms with Crippen LogP contribution in [0.4, 0.5) is 0 Å². The maximum Gasteiger partial charge on any atom is 0.323 e. The maximum atomic E-state index is 11.2. The molecule has 3 nitrogen and oxygen atoms in total. The van der Waals surface area contributed by atoms with Crippen molar-refractivity contribution in [2.24, 2.45) is 5.73 Å². The number of aliphatic carboxylic acids is 1. The Bertz CT molecular complexity index is 432. The molecule has 1 aromatic carbocycles. The maximum absolute atomic E-state index is 11.2. The minimum Gasteiger partial charge on any atom is -0.480 e. The number of nitrogens with two attached hydrogens (primary N) is 1. The van der Waals surface area contributed by atoms with Gasteiger partial charge in [0, 0.05) is 10.1 Å². The topological polar surface area (TPSA) is 63.3 Å². The molecule has 0 aromatic heterocycles. The van der Waals surface area contributed by atoms with Crippen LogP contribution in [0.25, 0.3) is 0 Å². The smallest absolute Gasteiger partial charge is 0.323 e. The molecule has 0 bridgehead atoms. The fourth-order valence-corrected chi connectivity index (χ4v) is 3.70. The van der Waals surface area contributed by atoms with E-state index >= 15 is 0 Å². The Morgan fingerprint density at radius 1 is 1.44 bits per heavy atom. The van der Waals surface area contributed by atoms with Crippen LogP contribution in [0, 0.1) is 6.92 Å². The molecule has 1 saturated carbocycles. The van der Waals surface area contributed by atoms with Gasteiger partial charge in [0.25, 0.3) is 0 Å². The van der Waals surface area contributed by atoms with Gasteiger partial charge in [0.05, 0.1) is 0 Å². The number of rotatable bonds is 3. The highest BCUT2D eigenvalue weighted by Gasteiger charge is 2.39. The van der Waals surface area contributed by atoms with E-state index in [1.807, 2.05) is 0 Å².